The van der Waals surface area contributed by atoms with Gasteiger partial charge in [0.25, 0.3) is 11.4 Å². The quantitative estimate of drug-likeness (QED) is 0.286. The summed E-state index contributed by atoms with van der Waals surface area (Å²) in [5.41, 5.74) is 2.34. The van der Waals surface area contributed by atoms with Crippen molar-refractivity contribution in [1.29, 1.82) is 0 Å². The fraction of sp³-hybridized carbons (Fsp3) is 0.333. The van der Waals surface area contributed by atoms with E-state index in [-0.39, 0.29) is 11.4 Å². The molecule has 9 heteroatoms. The highest BCUT2D eigenvalue weighted by Gasteiger charge is 2.04. The maximum absolute atomic E-state index is 10.6. The highest BCUT2D eigenvalue weighted by Crippen LogP contribution is 2.18. The molecule has 0 spiro atoms. The molecule has 0 atom stereocenters. The van der Waals surface area contributed by atoms with E-state index < -0.39 is 9.85 Å². The maximum Gasteiger partial charge on any atom is 0.269 e. The van der Waals surface area contributed by atoms with Crippen LogP contribution in [0.2, 0.25) is 0 Å². The molecule has 0 amide bonds. The van der Waals surface area contributed by atoms with Crippen LogP contribution >= 0.6 is 23.5 Å². The second kappa shape index (κ2) is 11.6. The van der Waals surface area contributed by atoms with Gasteiger partial charge in [0.1, 0.15) is 0 Å². The minimum absolute atomic E-state index is 0.110. The Morgan fingerprint density at radius 2 is 1.07 bits per heavy atom. The lowest BCUT2D eigenvalue weighted by Gasteiger charge is -2.05. The van der Waals surface area contributed by atoms with E-state index in [0.29, 0.717) is 13.2 Å². The fourth-order valence-corrected chi connectivity index (χ4v) is 3.76. The third-order valence-electron chi connectivity index (χ3n) is 3.58. The van der Waals surface area contributed by atoms with Crippen LogP contribution in [0.1, 0.15) is 11.1 Å². The summed E-state index contributed by atoms with van der Waals surface area (Å²) in [6.45, 7) is 1.32. The molecule has 7 nitrogen and oxygen atoms in total. The second-order valence-electron chi connectivity index (χ2n) is 5.56. The molecular weight excluding hydrogens is 388 g/mol. The third-order valence-corrected chi connectivity index (χ3v) is 5.56. The lowest BCUT2D eigenvalue weighted by Crippen LogP contribution is -2.02. The zero-order chi connectivity index (χ0) is 19.5. The molecule has 0 bridgehead atoms. The van der Waals surface area contributed by atoms with E-state index in [4.69, 9.17) is 4.74 Å². The van der Waals surface area contributed by atoms with Gasteiger partial charge in [0.15, 0.2) is 0 Å². The molecule has 0 saturated carbocycles. The molecule has 2 aromatic carbocycles. The number of rotatable bonds is 12. The summed E-state index contributed by atoms with van der Waals surface area (Å²) in [7, 11) is 0. The molecule has 2 aromatic rings. The van der Waals surface area contributed by atoms with Gasteiger partial charge in [-0.25, -0.2) is 0 Å². The molecule has 0 aliphatic rings. The summed E-state index contributed by atoms with van der Waals surface area (Å²) in [6.07, 6.45) is 0. The zero-order valence-electron chi connectivity index (χ0n) is 14.6. The molecule has 0 aliphatic carbocycles. The van der Waals surface area contributed by atoms with Crippen LogP contribution in [0.3, 0.4) is 0 Å². The van der Waals surface area contributed by atoms with Gasteiger partial charge in [-0.15, -0.1) is 0 Å². The number of thioether (sulfide) groups is 2. The van der Waals surface area contributed by atoms with E-state index in [1.165, 1.54) is 24.3 Å². The Hall–Kier alpha value is -2.10. The number of ether oxygens (including phenoxy) is 1. The first-order valence-corrected chi connectivity index (χ1v) is 10.6. The molecule has 0 saturated heterocycles. The smallest absolute Gasteiger partial charge is 0.269 e. The van der Waals surface area contributed by atoms with E-state index in [1.54, 1.807) is 47.8 Å². The van der Waals surface area contributed by atoms with Gasteiger partial charge < -0.3 is 4.74 Å². The summed E-state index contributed by atoms with van der Waals surface area (Å²) >= 11 is 3.46. The van der Waals surface area contributed by atoms with Crippen molar-refractivity contribution in [1.82, 2.24) is 0 Å². The normalized spacial score (nSPS) is 10.7. The van der Waals surface area contributed by atoms with Crippen molar-refractivity contribution in [3.63, 3.8) is 0 Å². The first-order chi connectivity index (χ1) is 13.1. The van der Waals surface area contributed by atoms with Crippen LogP contribution < -0.4 is 0 Å². The average molecular weight is 409 g/mol. The number of nitro groups is 2. The number of non-ortho nitro benzene ring substituents is 2. The second-order valence-corrected chi connectivity index (χ2v) is 7.78. The fourth-order valence-electron chi connectivity index (χ4n) is 2.15. The van der Waals surface area contributed by atoms with Crippen molar-refractivity contribution in [2.75, 3.05) is 24.7 Å². The van der Waals surface area contributed by atoms with E-state index >= 15 is 0 Å². The summed E-state index contributed by atoms with van der Waals surface area (Å²) in [5.74, 6) is 3.33. The summed E-state index contributed by atoms with van der Waals surface area (Å²) in [4.78, 5) is 20.4. The summed E-state index contributed by atoms with van der Waals surface area (Å²) < 4.78 is 5.59. The molecule has 27 heavy (non-hydrogen) atoms. The maximum atomic E-state index is 10.6. The topological polar surface area (TPSA) is 95.5 Å². The number of benzene rings is 2. The predicted molar refractivity (Wildman–Crippen MR) is 109 cm³/mol. The third kappa shape index (κ3) is 7.98. The largest absolute Gasteiger partial charge is 0.380 e. The monoisotopic (exact) mass is 408 g/mol. The van der Waals surface area contributed by atoms with Crippen LogP contribution in [0.5, 0.6) is 0 Å². The highest BCUT2D eigenvalue weighted by molar-refractivity contribution is 7.98. The first kappa shape index (κ1) is 21.2. The van der Waals surface area contributed by atoms with Crippen molar-refractivity contribution in [2.45, 2.75) is 11.5 Å². The van der Waals surface area contributed by atoms with Gasteiger partial charge in [-0.1, -0.05) is 24.3 Å². The molecule has 0 radical (unpaired) electrons. The molecule has 0 fully saturated rings. The Morgan fingerprint density at radius 3 is 1.41 bits per heavy atom. The van der Waals surface area contributed by atoms with Crippen molar-refractivity contribution in [3.8, 4) is 0 Å². The first-order valence-electron chi connectivity index (χ1n) is 8.26. The van der Waals surface area contributed by atoms with Crippen LogP contribution in [-0.2, 0) is 16.2 Å². The van der Waals surface area contributed by atoms with Gasteiger partial charge in [0.05, 0.1) is 23.1 Å². The van der Waals surface area contributed by atoms with Gasteiger partial charge in [-0.2, -0.15) is 23.5 Å². The number of nitrogens with zero attached hydrogens (tertiary/aromatic N) is 2. The lowest BCUT2D eigenvalue weighted by atomic mass is 10.2. The van der Waals surface area contributed by atoms with Crippen LogP contribution in [0, 0.1) is 20.2 Å². The van der Waals surface area contributed by atoms with E-state index in [2.05, 4.69) is 0 Å². The van der Waals surface area contributed by atoms with Gasteiger partial charge in [-0.05, 0) is 11.1 Å². The van der Waals surface area contributed by atoms with Gasteiger partial charge in [0, 0.05) is 47.3 Å². The number of nitro benzene ring substituents is 2. The number of hydrogen-bond acceptors (Lipinski definition) is 7. The van der Waals surface area contributed by atoms with E-state index in [0.717, 1.165) is 34.1 Å². The molecule has 0 N–H and O–H groups in total. The zero-order valence-corrected chi connectivity index (χ0v) is 16.2. The SMILES string of the molecule is O=[N+]([O-])c1ccc(CSCCOCCSCc2ccc([N+](=O)[O-])cc2)cc1. The molecule has 2 rings (SSSR count). The Balaban J connectivity index is 1.48. The van der Waals surface area contributed by atoms with Gasteiger partial charge >= 0.3 is 0 Å². The Bertz CT molecular complexity index is 675. The van der Waals surface area contributed by atoms with Crippen molar-refractivity contribution < 1.29 is 14.6 Å². The van der Waals surface area contributed by atoms with Crippen molar-refractivity contribution in [3.05, 3.63) is 79.9 Å². The summed E-state index contributed by atoms with van der Waals surface area (Å²) in [6, 6.07) is 13.2. The van der Waals surface area contributed by atoms with Gasteiger partial charge in [-0.3, -0.25) is 20.2 Å². The van der Waals surface area contributed by atoms with Crippen molar-refractivity contribution >= 4 is 34.9 Å². The Kier molecular flexibility index (Phi) is 9.09. The van der Waals surface area contributed by atoms with Gasteiger partial charge in [0.2, 0.25) is 0 Å². The molecular formula is C18H20N2O5S2. The Morgan fingerprint density at radius 1 is 0.704 bits per heavy atom. The molecule has 0 unspecified atom stereocenters. The lowest BCUT2D eigenvalue weighted by molar-refractivity contribution is -0.385. The number of hydrogen-bond donors (Lipinski definition) is 0. The Labute approximate surface area is 165 Å². The van der Waals surface area contributed by atoms with Crippen LogP contribution in [-0.4, -0.2) is 34.6 Å². The highest BCUT2D eigenvalue weighted by atomic mass is 32.2. The van der Waals surface area contributed by atoms with Crippen molar-refractivity contribution in [2.24, 2.45) is 0 Å². The minimum atomic E-state index is -0.398. The molecule has 144 valence electrons. The van der Waals surface area contributed by atoms with Crippen LogP contribution in [0.15, 0.2) is 48.5 Å². The molecule has 0 aliphatic heterocycles. The average Bonchev–Trinajstić information content (AvgIpc) is 2.67. The predicted octanol–water partition coefficient (Wildman–Crippen LogP) is 4.69. The van der Waals surface area contributed by atoms with E-state index in [1.807, 2.05) is 0 Å². The van der Waals surface area contributed by atoms with E-state index in [9.17, 15) is 20.2 Å². The standard InChI is InChI=1S/C18H20N2O5S2/c21-19(22)17-5-1-15(2-6-17)13-26-11-9-25-10-12-27-14-16-3-7-18(8-4-16)20(23)24/h1-8H,9-14H2. The van der Waals surface area contributed by atoms with Crippen LogP contribution in [0.4, 0.5) is 11.4 Å². The molecule has 0 aromatic heterocycles. The summed E-state index contributed by atoms with van der Waals surface area (Å²) in [5, 5.41) is 21.2. The molecule has 0 heterocycles. The minimum Gasteiger partial charge on any atom is -0.380 e. The van der Waals surface area contributed by atoms with Crippen LogP contribution in [0.25, 0.3) is 0 Å².